The number of ether oxygens (including phenoxy) is 6. The van der Waals surface area contributed by atoms with Gasteiger partial charge >= 0.3 is 0 Å². The Morgan fingerprint density at radius 1 is 1.06 bits per heavy atom. The Morgan fingerprint density at radius 3 is 2.53 bits per heavy atom. The van der Waals surface area contributed by atoms with Gasteiger partial charge in [0.2, 0.25) is 0 Å². The van der Waals surface area contributed by atoms with Crippen LogP contribution in [-0.2, 0) is 18.9 Å². The second kappa shape index (κ2) is 10.6. The van der Waals surface area contributed by atoms with Crippen molar-refractivity contribution in [2.75, 3.05) is 26.9 Å². The lowest BCUT2D eigenvalue weighted by atomic mass is 9.96. The summed E-state index contributed by atoms with van der Waals surface area (Å²) in [5.74, 6) is 1.39. The second-order valence-corrected chi connectivity index (χ2v) is 7.30. The lowest BCUT2D eigenvalue weighted by molar-refractivity contribution is -0.342. The zero-order valence-corrected chi connectivity index (χ0v) is 17.5. The second-order valence-electron chi connectivity index (χ2n) is 7.30. The number of fused-ring (bicyclic) bond motifs is 1. The lowest BCUT2D eigenvalue weighted by Gasteiger charge is -2.46. The van der Waals surface area contributed by atoms with Gasteiger partial charge in [0.15, 0.2) is 12.6 Å². The Hall–Kier alpha value is -2.85. The van der Waals surface area contributed by atoms with E-state index in [4.69, 9.17) is 34.0 Å². The van der Waals surface area contributed by atoms with Crippen molar-refractivity contribution in [1.29, 1.82) is 0 Å². The zero-order chi connectivity index (χ0) is 22.3. The first-order valence-corrected chi connectivity index (χ1v) is 10.3. The van der Waals surface area contributed by atoms with Crippen LogP contribution in [0.25, 0.3) is 10.4 Å². The minimum absolute atomic E-state index is 0.159. The summed E-state index contributed by atoms with van der Waals surface area (Å²) in [7, 11) is 1.59. The van der Waals surface area contributed by atoms with E-state index in [0.717, 1.165) is 11.3 Å². The Bertz CT molecular complexity index is 908. The van der Waals surface area contributed by atoms with Crippen LogP contribution in [0.4, 0.5) is 0 Å². The predicted molar refractivity (Wildman–Crippen MR) is 112 cm³/mol. The fourth-order valence-corrected chi connectivity index (χ4v) is 3.67. The van der Waals surface area contributed by atoms with E-state index in [-0.39, 0.29) is 19.8 Å². The molecule has 0 spiro atoms. The number of aliphatic hydroxyl groups is 1. The van der Waals surface area contributed by atoms with Crippen molar-refractivity contribution in [2.45, 2.75) is 36.9 Å². The van der Waals surface area contributed by atoms with Gasteiger partial charge in [-0.3, -0.25) is 0 Å². The van der Waals surface area contributed by atoms with E-state index in [1.54, 1.807) is 31.4 Å². The summed E-state index contributed by atoms with van der Waals surface area (Å²) in [5, 5.41) is 14.6. The molecule has 1 N–H and O–H groups in total. The topological polar surface area (TPSA) is 124 Å². The Balaban J connectivity index is 1.34. The smallest absolute Gasteiger partial charge is 0.184 e. The molecule has 6 atom stereocenters. The monoisotopic (exact) mass is 443 g/mol. The zero-order valence-electron chi connectivity index (χ0n) is 17.5. The van der Waals surface area contributed by atoms with E-state index < -0.39 is 36.9 Å². The lowest BCUT2D eigenvalue weighted by Crippen LogP contribution is -2.61. The highest BCUT2D eigenvalue weighted by atomic mass is 16.7. The van der Waals surface area contributed by atoms with Crippen molar-refractivity contribution >= 4 is 0 Å². The molecule has 2 fully saturated rings. The first kappa shape index (κ1) is 22.3. The number of benzene rings is 2. The molecular weight excluding hydrogens is 418 g/mol. The van der Waals surface area contributed by atoms with E-state index >= 15 is 0 Å². The molecule has 0 aromatic heterocycles. The molecule has 4 rings (SSSR count). The van der Waals surface area contributed by atoms with Gasteiger partial charge in [-0.15, -0.1) is 0 Å². The van der Waals surface area contributed by atoms with Crippen LogP contribution in [0.5, 0.6) is 11.5 Å². The SMILES string of the molecule is COc1ccc(OCCO[C@H]2O[C@@H]3COC(c4ccccc4)O[C@@H]3[C@H](O)[C@H]2N=[N+]=[N-])cc1. The molecule has 0 radical (unpaired) electrons. The number of hydrogen-bond donors (Lipinski definition) is 1. The molecule has 0 saturated carbocycles. The molecule has 2 aliphatic rings. The van der Waals surface area contributed by atoms with Crippen molar-refractivity contribution in [3.05, 3.63) is 70.6 Å². The molecule has 32 heavy (non-hydrogen) atoms. The van der Waals surface area contributed by atoms with Crippen LogP contribution in [0, 0.1) is 0 Å². The summed E-state index contributed by atoms with van der Waals surface area (Å²) in [5.41, 5.74) is 9.81. The molecule has 0 aliphatic carbocycles. The summed E-state index contributed by atoms with van der Waals surface area (Å²) in [6, 6.07) is 15.6. The molecular formula is C22H25N3O7. The first-order valence-electron chi connectivity index (χ1n) is 10.3. The van der Waals surface area contributed by atoms with Crippen LogP contribution < -0.4 is 9.47 Å². The standard InChI is InChI=1S/C22H25N3O7/c1-27-15-7-9-16(10-8-15)28-11-12-29-22-18(24-25-23)19(26)20-17(31-22)13-30-21(32-20)14-5-3-2-4-6-14/h2-10,17-22,26H,11-13H2,1H3/t17-,18-,19-,20+,21?,22+/m1/s1. The third kappa shape index (κ3) is 5.13. The van der Waals surface area contributed by atoms with Crippen molar-refractivity contribution in [1.82, 2.24) is 0 Å². The van der Waals surface area contributed by atoms with Crippen molar-refractivity contribution < 1.29 is 33.5 Å². The number of rotatable bonds is 8. The van der Waals surface area contributed by atoms with Crippen LogP contribution in [0.1, 0.15) is 11.9 Å². The van der Waals surface area contributed by atoms with Crippen LogP contribution in [0.3, 0.4) is 0 Å². The fraction of sp³-hybridized carbons (Fsp3) is 0.455. The van der Waals surface area contributed by atoms with Gasteiger partial charge in [-0.05, 0) is 29.8 Å². The van der Waals surface area contributed by atoms with E-state index in [2.05, 4.69) is 10.0 Å². The normalized spacial score (nSPS) is 29.4. The van der Waals surface area contributed by atoms with Crippen LogP contribution in [-0.4, -0.2) is 62.7 Å². The molecule has 10 nitrogen and oxygen atoms in total. The Kier molecular flexibility index (Phi) is 7.43. The first-order chi connectivity index (χ1) is 15.7. The van der Waals surface area contributed by atoms with Gasteiger partial charge in [-0.2, -0.15) is 0 Å². The maximum Gasteiger partial charge on any atom is 0.184 e. The third-order valence-electron chi connectivity index (χ3n) is 5.28. The van der Waals surface area contributed by atoms with Gasteiger partial charge in [0.1, 0.15) is 36.4 Å². The highest BCUT2D eigenvalue weighted by Gasteiger charge is 2.49. The molecule has 0 amide bonds. The van der Waals surface area contributed by atoms with Gasteiger partial charge in [-0.25, -0.2) is 0 Å². The predicted octanol–water partition coefficient (Wildman–Crippen LogP) is 2.97. The molecule has 2 saturated heterocycles. The van der Waals surface area contributed by atoms with E-state index in [1.807, 2.05) is 30.3 Å². The summed E-state index contributed by atoms with van der Waals surface area (Å²) in [4.78, 5) is 2.84. The largest absolute Gasteiger partial charge is 0.497 e. The number of hydrogen-bond acceptors (Lipinski definition) is 8. The van der Waals surface area contributed by atoms with E-state index in [1.165, 1.54) is 0 Å². The van der Waals surface area contributed by atoms with Crippen LogP contribution in [0.15, 0.2) is 59.7 Å². The van der Waals surface area contributed by atoms with Gasteiger partial charge in [0.25, 0.3) is 0 Å². The van der Waals surface area contributed by atoms with Gasteiger partial charge in [0, 0.05) is 10.5 Å². The average Bonchev–Trinajstić information content (AvgIpc) is 2.85. The van der Waals surface area contributed by atoms with E-state index in [9.17, 15) is 5.11 Å². The molecule has 2 heterocycles. The molecule has 170 valence electrons. The van der Waals surface area contributed by atoms with Crippen molar-refractivity contribution in [3.8, 4) is 11.5 Å². The van der Waals surface area contributed by atoms with E-state index in [0.29, 0.717) is 5.75 Å². The van der Waals surface area contributed by atoms with Crippen molar-refractivity contribution in [3.63, 3.8) is 0 Å². The molecule has 0 bridgehead atoms. The quantitative estimate of drug-likeness (QED) is 0.288. The van der Waals surface area contributed by atoms with Crippen LogP contribution in [0.2, 0.25) is 0 Å². The number of methoxy groups -OCH3 is 1. The molecule has 1 unspecified atom stereocenters. The highest BCUT2D eigenvalue weighted by Crippen LogP contribution is 2.35. The average molecular weight is 443 g/mol. The molecule has 2 aliphatic heterocycles. The number of azide groups is 1. The summed E-state index contributed by atoms with van der Waals surface area (Å²) >= 11 is 0. The third-order valence-corrected chi connectivity index (χ3v) is 5.28. The van der Waals surface area contributed by atoms with Crippen LogP contribution >= 0.6 is 0 Å². The Morgan fingerprint density at radius 2 is 1.81 bits per heavy atom. The van der Waals surface area contributed by atoms with Crippen molar-refractivity contribution in [2.24, 2.45) is 5.11 Å². The molecule has 10 heteroatoms. The number of nitrogens with zero attached hydrogens (tertiary/aromatic N) is 3. The minimum Gasteiger partial charge on any atom is -0.497 e. The maximum absolute atomic E-state index is 10.9. The molecule has 2 aromatic rings. The van der Waals surface area contributed by atoms with Gasteiger partial charge in [0.05, 0.1) is 26.4 Å². The van der Waals surface area contributed by atoms with Gasteiger partial charge < -0.3 is 33.5 Å². The molecule has 2 aromatic carbocycles. The summed E-state index contributed by atoms with van der Waals surface area (Å²) in [6.45, 7) is 0.599. The number of aliphatic hydroxyl groups excluding tert-OH is 1. The summed E-state index contributed by atoms with van der Waals surface area (Å²) < 4.78 is 34.1. The Labute approximate surface area is 185 Å². The fourth-order valence-electron chi connectivity index (χ4n) is 3.67. The van der Waals surface area contributed by atoms with Gasteiger partial charge in [-0.1, -0.05) is 35.4 Å². The highest BCUT2D eigenvalue weighted by molar-refractivity contribution is 5.31. The maximum atomic E-state index is 10.9. The summed E-state index contributed by atoms with van der Waals surface area (Å²) in [6.07, 6.45) is -4.00. The minimum atomic E-state index is -1.12.